The molecule has 2 aromatic rings. The van der Waals surface area contributed by atoms with Crippen LogP contribution < -0.4 is 5.32 Å². The van der Waals surface area contributed by atoms with Crippen LogP contribution in [0.4, 0.5) is 0 Å². The molecule has 1 aromatic heterocycles. The van der Waals surface area contributed by atoms with E-state index in [9.17, 15) is 0 Å². The molecule has 0 saturated heterocycles. The van der Waals surface area contributed by atoms with E-state index < -0.39 is 0 Å². The number of rotatable bonds is 7. The van der Waals surface area contributed by atoms with E-state index in [2.05, 4.69) is 46.7 Å². The Bertz CT molecular complexity index is 419. The van der Waals surface area contributed by atoms with Gasteiger partial charge in [0, 0.05) is 26.1 Å². The number of hydrogen-bond acceptors (Lipinski definition) is 3. The third-order valence-corrected chi connectivity index (χ3v) is 3.05. The SMILES string of the molecule is COCCCN[C@@H](c1ccccc1)c1ccncc1. The molecule has 0 aliphatic rings. The van der Waals surface area contributed by atoms with Crippen LogP contribution in [0, 0.1) is 0 Å². The van der Waals surface area contributed by atoms with Crippen molar-refractivity contribution in [2.24, 2.45) is 0 Å². The van der Waals surface area contributed by atoms with Gasteiger partial charge in [0.05, 0.1) is 6.04 Å². The first kappa shape index (κ1) is 13.7. The summed E-state index contributed by atoms with van der Waals surface area (Å²) in [5.74, 6) is 0. The number of hydrogen-bond donors (Lipinski definition) is 1. The van der Waals surface area contributed by atoms with E-state index in [4.69, 9.17) is 4.74 Å². The second-order valence-electron chi connectivity index (χ2n) is 4.42. The van der Waals surface area contributed by atoms with Crippen molar-refractivity contribution in [3.05, 3.63) is 66.0 Å². The lowest BCUT2D eigenvalue weighted by atomic mass is 9.99. The van der Waals surface area contributed by atoms with Crippen LogP contribution in [0.5, 0.6) is 0 Å². The molecule has 1 N–H and O–H groups in total. The van der Waals surface area contributed by atoms with Crippen LogP contribution in [0.1, 0.15) is 23.6 Å². The standard InChI is InChI=1S/C16H20N2O/c1-19-13-5-10-18-16(14-6-3-2-4-7-14)15-8-11-17-12-9-15/h2-4,6-9,11-12,16,18H,5,10,13H2,1H3/t16-/m0/s1. The maximum atomic E-state index is 5.09. The van der Waals surface area contributed by atoms with E-state index in [0.717, 1.165) is 19.6 Å². The number of benzene rings is 1. The van der Waals surface area contributed by atoms with Crippen molar-refractivity contribution in [2.45, 2.75) is 12.5 Å². The van der Waals surface area contributed by atoms with Gasteiger partial charge in [0.25, 0.3) is 0 Å². The molecule has 0 aliphatic carbocycles. The second-order valence-corrected chi connectivity index (χ2v) is 4.42. The van der Waals surface area contributed by atoms with Gasteiger partial charge >= 0.3 is 0 Å². The average molecular weight is 256 g/mol. The minimum absolute atomic E-state index is 0.209. The smallest absolute Gasteiger partial charge is 0.0577 e. The summed E-state index contributed by atoms with van der Waals surface area (Å²) >= 11 is 0. The Hall–Kier alpha value is -1.71. The molecule has 19 heavy (non-hydrogen) atoms. The number of pyridine rings is 1. The number of nitrogens with zero attached hydrogens (tertiary/aromatic N) is 1. The third-order valence-electron chi connectivity index (χ3n) is 3.05. The largest absolute Gasteiger partial charge is 0.385 e. The Kier molecular flexibility index (Phi) is 5.53. The Labute approximate surface area is 114 Å². The number of methoxy groups -OCH3 is 1. The Morgan fingerprint density at radius 3 is 2.42 bits per heavy atom. The van der Waals surface area contributed by atoms with Gasteiger partial charge < -0.3 is 10.1 Å². The van der Waals surface area contributed by atoms with Crippen LogP contribution in [0.15, 0.2) is 54.9 Å². The highest BCUT2D eigenvalue weighted by Crippen LogP contribution is 2.20. The molecule has 0 aliphatic heterocycles. The van der Waals surface area contributed by atoms with Gasteiger partial charge in [-0.1, -0.05) is 30.3 Å². The maximum absolute atomic E-state index is 5.09. The van der Waals surface area contributed by atoms with Crippen LogP contribution in [0.25, 0.3) is 0 Å². The lowest BCUT2D eigenvalue weighted by Crippen LogP contribution is -2.24. The quantitative estimate of drug-likeness (QED) is 0.773. The van der Waals surface area contributed by atoms with Gasteiger partial charge in [0.15, 0.2) is 0 Å². The van der Waals surface area contributed by atoms with Crippen LogP contribution in [-0.4, -0.2) is 25.2 Å². The molecule has 1 heterocycles. The topological polar surface area (TPSA) is 34.1 Å². The van der Waals surface area contributed by atoms with E-state index in [1.54, 1.807) is 7.11 Å². The average Bonchev–Trinajstić information content (AvgIpc) is 2.49. The Morgan fingerprint density at radius 2 is 1.74 bits per heavy atom. The summed E-state index contributed by atoms with van der Waals surface area (Å²) in [6.07, 6.45) is 4.68. The second kappa shape index (κ2) is 7.67. The molecule has 0 radical (unpaired) electrons. The van der Waals surface area contributed by atoms with Gasteiger partial charge in [-0.2, -0.15) is 0 Å². The highest BCUT2D eigenvalue weighted by Gasteiger charge is 2.12. The van der Waals surface area contributed by atoms with Crippen LogP contribution in [-0.2, 0) is 4.74 Å². The lowest BCUT2D eigenvalue weighted by molar-refractivity contribution is 0.193. The predicted molar refractivity (Wildman–Crippen MR) is 77.0 cm³/mol. The Morgan fingerprint density at radius 1 is 1.05 bits per heavy atom. The van der Waals surface area contributed by atoms with Gasteiger partial charge in [0.1, 0.15) is 0 Å². The predicted octanol–water partition coefficient (Wildman–Crippen LogP) is 2.80. The van der Waals surface area contributed by atoms with E-state index in [1.165, 1.54) is 11.1 Å². The van der Waals surface area contributed by atoms with E-state index >= 15 is 0 Å². The zero-order valence-electron chi connectivity index (χ0n) is 11.3. The van der Waals surface area contributed by atoms with Crippen molar-refractivity contribution in [2.75, 3.05) is 20.3 Å². The first-order chi connectivity index (χ1) is 9.42. The fourth-order valence-corrected chi connectivity index (χ4v) is 2.09. The molecule has 1 atom stereocenters. The molecule has 2 rings (SSSR count). The van der Waals surface area contributed by atoms with E-state index in [1.807, 2.05) is 18.5 Å². The fraction of sp³-hybridized carbons (Fsp3) is 0.312. The first-order valence-corrected chi connectivity index (χ1v) is 6.59. The van der Waals surface area contributed by atoms with Gasteiger partial charge in [-0.05, 0) is 36.2 Å². The minimum atomic E-state index is 0.209. The van der Waals surface area contributed by atoms with Crippen LogP contribution >= 0.6 is 0 Å². The summed E-state index contributed by atoms with van der Waals surface area (Å²) in [7, 11) is 1.73. The van der Waals surface area contributed by atoms with Gasteiger partial charge in [0.2, 0.25) is 0 Å². The van der Waals surface area contributed by atoms with Gasteiger partial charge in [-0.25, -0.2) is 0 Å². The molecule has 100 valence electrons. The molecule has 0 bridgehead atoms. The van der Waals surface area contributed by atoms with Crippen LogP contribution in [0.3, 0.4) is 0 Å². The normalized spacial score (nSPS) is 12.3. The lowest BCUT2D eigenvalue weighted by Gasteiger charge is -2.19. The molecular weight excluding hydrogens is 236 g/mol. The summed E-state index contributed by atoms with van der Waals surface area (Å²) in [4.78, 5) is 4.08. The van der Waals surface area contributed by atoms with Crippen molar-refractivity contribution in [3.63, 3.8) is 0 Å². The summed E-state index contributed by atoms with van der Waals surface area (Å²) in [6, 6.07) is 14.8. The molecule has 0 saturated carbocycles. The monoisotopic (exact) mass is 256 g/mol. The summed E-state index contributed by atoms with van der Waals surface area (Å²) in [5.41, 5.74) is 2.50. The van der Waals surface area contributed by atoms with Crippen molar-refractivity contribution < 1.29 is 4.74 Å². The zero-order valence-corrected chi connectivity index (χ0v) is 11.3. The molecule has 1 aromatic carbocycles. The molecule has 3 heteroatoms. The molecule has 0 fully saturated rings. The summed E-state index contributed by atoms with van der Waals surface area (Å²) in [5, 5.41) is 3.58. The number of aromatic nitrogens is 1. The Balaban J connectivity index is 2.10. The first-order valence-electron chi connectivity index (χ1n) is 6.59. The highest BCUT2D eigenvalue weighted by atomic mass is 16.5. The summed E-state index contributed by atoms with van der Waals surface area (Å²) < 4.78 is 5.09. The van der Waals surface area contributed by atoms with Crippen LogP contribution in [0.2, 0.25) is 0 Å². The molecule has 0 spiro atoms. The third kappa shape index (κ3) is 4.16. The summed E-state index contributed by atoms with van der Waals surface area (Å²) in [6.45, 7) is 1.71. The van der Waals surface area contributed by atoms with E-state index in [-0.39, 0.29) is 6.04 Å². The van der Waals surface area contributed by atoms with Crippen molar-refractivity contribution >= 4 is 0 Å². The van der Waals surface area contributed by atoms with Gasteiger partial charge in [-0.15, -0.1) is 0 Å². The molecule has 3 nitrogen and oxygen atoms in total. The molecular formula is C16H20N2O. The number of ether oxygens (including phenoxy) is 1. The van der Waals surface area contributed by atoms with Gasteiger partial charge in [-0.3, -0.25) is 4.98 Å². The van der Waals surface area contributed by atoms with Crippen molar-refractivity contribution in [1.29, 1.82) is 0 Å². The molecule has 0 amide bonds. The zero-order chi connectivity index (χ0) is 13.3. The highest BCUT2D eigenvalue weighted by molar-refractivity contribution is 5.30. The van der Waals surface area contributed by atoms with Crippen molar-refractivity contribution in [3.8, 4) is 0 Å². The molecule has 0 unspecified atom stereocenters. The van der Waals surface area contributed by atoms with Crippen molar-refractivity contribution in [1.82, 2.24) is 10.3 Å². The maximum Gasteiger partial charge on any atom is 0.0577 e. The minimum Gasteiger partial charge on any atom is -0.385 e. The fourth-order valence-electron chi connectivity index (χ4n) is 2.09. The number of nitrogens with one attached hydrogen (secondary N) is 1. The van der Waals surface area contributed by atoms with E-state index in [0.29, 0.717) is 0 Å².